The average Bonchev–Trinajstić information content (AvgIpc) is 2.65. The second-order valence-corrected chi connectivity index (χ2v) is 6.80. The van der Waals surface area contributed by atoms with Crippen LogP contribution in [-0.2, 0) is 6.42 Å². The summed E-state index contributed by atoms with van der Waals surface area (Å²) >= 11 is 0. The first-order chi connectivity index (χ1) is 12.9. The SMILES string of the molecule is COc1ccc(C)c2cc(CCNC(=O)c3ccc(C)c(C)c3)c(=O)[nH]c12. The van der Waals surface area contributed by atoms with E-state index in [9.17, 15) is 9.59 Å². The van der Waals surface area contributed by atoms with E-state index in [1.165, 1.54) is 0 Å². The molecule has 2 aromatic carbocycles. The summed E-state index contributed by atoms with van der Waals surface area (Å²) in [5.74, 6) is 0.510. The molecule has 140 valence electrons. The molecule has 0 atom stereocenters. The van der Waals surface area contributed by atoms with E-state index < -0.39 is 0 Å². The van der Waals surface area contributed by atoms with Gasteiger partial charge in [0.1, 0.15) is 5.75 Å². The maximum absolute atomic E-state index is 12.4. The topological polar surface area (TPSA) is 71.2 Å². The monoisotopic (exact) mass is 364 g/mol. The van der Waals surface area contributed by atoms with Crippen molar-refractivity contribution in [3.05, 3.63) is 74.6 Å². The van der Waals surface area contributed by atoms with Crippen LogP contribution in [0.25, 0.3) is 10.9 Å². The molecule has 0 aliphatic carbocycles. The Hall–Kier alpha value is -3.08. The molecule has 0 saturated heterocycles. The number of aryl methyl sites for hydroxylation is 3. The molecule has 0 aliphatic heterocycles. The van der Waals surface area contributed by atoms with Gasteiger partial charge in [-0.05, 0) is 68.1 Å². The summed E-state index contributed by atoms with van der Waals surface area (Å²) in [4.78, 5) is 27.6. The molecular formula is C22H24N2O3. The molecular weight excluding hydrogens is 340 g/mol. The normalized spacial score (nSPS) is 10.8. The number of nitrogens with one attached hydrogen (secondary N) is 2. The third-order valence-electron chi connectivity index (χ3n) is 4.94. The van der Waals surface area contributed by atoms with E-state index in [0.717, 1.165) is 22.1 Å². The zero-order valence-corrected chi connectivity index (χ0v) is 16.1. The van der Waals surface area contributed by atoms with Crippen LogP contribution in [0.3, 0.4) is 0 Å². The highest BCUT2D eigenvalue weighted by atomic mass is 16.5. The van der Waals surface area contributed by atoms with Crippen molar-refractivity contribution in [1.82, 2.24) is 10.3 Å². The number of benzene rings is 2. The zero-order valence-electron chi connectivity index (χ0n) is 16.1. The number of H-pyrrole nitrogens is 1. The molecule has 0 spiro atoms. The van der Waals surface area contributed by atoms with Gasteiger partial charge < -0.3 is 15.0 Å². The number of hydrogen-bond donors (Lipinski definition) is 2. The van der Waals surface area contributed by atoms with Gasteiger partial charge in [0.15, 0.2) is 0 Å². The van der Waals surface area contributed by atoms with Crippen molar-refractivity contribution < 1.29 is 9.53 Å². The molecule has 1 heterocycles. The number of hydrogen-bond acceptors (Lipinski definition) is 3. The van der Waals surface area contributed by atoms with Gasteiger partial charge in [-0.1, -0.05) is 12.1 Å². The van der Waals surface area contributed by atoms with Gasteiger partial charge in [0.05, 0.1) is 12.6 Å². The van der Waals surface area contributed by atoms with E-state index >= 15 is 0 Å². The molecule has 5 heteroatoms. The summed E-state index contributed by atoms with van der Waals surface area (Å²) in [5, 5.41) is 3.84. The number of aromatic amines is 1. The second kappa shape index (κ2) is 7.66. The number of rotatable bonds is 5. The van der Waals surface area contributed by atoms with Gasteiger partial charge in [0.25, 0.3) is 11.5 Å². The molecule has 1 aromatic heterocycles. The average molecular weight is 364 g/mol. The van der Waals surface area contributed by atoms with Crippen LogP contribution in [0, 0.1) is 20.8 Å². The Morgan fingerprint density at radius 2 is 1.78 bits per heavy atom. The second-order valence-electron chi connectivity index (χ2n) is 6.80. The minimum Gasteiger partial charge on any atom is -0.495 e. The first-order valence-corrected chi connectivity index (χ1v) is 8.95. The number of carbonyl (C=O) groups excluding carboxylic acids is 1. The maximum atomic E-state index is 12.4. The lowest BCUT2D eigenvalue weighted by Crippen LogP contribution is -2.27. The fourth-order valence-corrected chi connectivity index (χ4v) is 3.10. The van der Waals surface area contributed by atoms with E-state index in [-0.39, 0.29) is 11.5 Å². The van der Waals surface area contributed by atoms with Crippen LogP contribution in [0.2, 0.25) is 0 Å². The fraction of sp³-hybridized carbons (Fsp3) is 0.273. The largest absolute Gasteiger partial charge is 0.495 e. The molecule has 0 saturated carbocycles. The maximum Gasteiger partial charge on any atom is 0.251 e. The molecule has 1 amide bonds. The summed E-state index contributed by atoms with van der Waals surface area (Å²) < 4.78 is 5.33. The molecule has 3 aromatic rings. The highest BCUT2D eigenvalue weighted by Crippen LogP contribution is 2.25. The van der Waals surface area contributed by atoms with Crippen LogP contribution in [0.5, 0.6) is 5.75 Å². The lowest BCUT2D eigenvalue weighted by atomic mass is 10.0. The summed E-state index contributed by atoms with van der Waals surface area (Å²) in [7, 11) is 1.58. The van der Waals surface area contributed by atoms with Crippen LogP contribution in [-0.4, -0.2) is 24.5 Å². The molecule has 2 N–H and O–H groups in total. The van der Waals surface area contributed by atoms with Gasteiger partial charge in [0.2, 0.25) is 0 Å². The van der Waals surface area contributed by atoms with Gasteiger partial charge in [-0.15, -0.1) is 0 Å². The van der Waals surface area contributed by atoms with Gasteiger partial charge in [-0.25, -0.2) is 0 Å². The molecule has 3 rings (SSSR count). The molecule has 0 bridgehead atoms. The highest BCUT2D eigenvalue weighted by Gasteiger charge is 2.10. The Kier molecular flexibility index (Phi) is 5.31. The molecule has 27 heavy (non-hydrogen) atoms. The number of aromatic nitrogens is 1. The zero-order chi connectivity index (χ0) is 19.6. The van der Waals surface area contributed by atoms with Gasteiger partial charge in [-0.3, -0.25) is 9.59 Å². The Morgan fingerprint density at radius 3 is 2.48 bits per heavy atom. The highest BCUT2D eigenvalue weighted by molar-refractivity contribution is 5.94. The van der Waals surface area contributed by atoms with Crippen molar-refractivity contribution in [2.24, 2.45) is 0 Å². The predicted octanol–water partition coefficient (Wildman–Crippen LogP) is 3.43. The molecule has 0 aliphatic rings. The Bertz CT molecular complexity index is 1070. The fourth-order valence-electron chi connectivity index (χ4n) is 3.10. The molecule has 0 unspecified atom stereocenters. The summed E-state index contributed by atoms with van der Waals surface area (Å²) in [6.45, 7) is 6.38. The van der Waals surface area contributed by atoms with Crippen molar-refractivity contribution in [3.8, 4) is 5.75 Å². The van der Waals surface area contributed by atoms with E-state index in [1.807, 2.05) is 57.2 Å². The van der Waals surface area contributed by atoms with Crippen LogP contribution in [0.1, 0.15) is 32.6 Å². The first kappa shape index (κ1) is 18.7. The molecule has 5 nitrogen and oxygen atoms in total. The number of methoxy groups -OCH3 is 1. The summed E-state index contributed by atoms with van der Waals surface area (Å²) in [5.41, 5.74) is 5.10. The summed E-state index contributed by atoms with van der Waals surface area (Å²) in [6.07, 6.45) is 0.457. The Labute approximate surface area is 158 Å². The van der Waals surface area contributed by atoms with Crippen molar-refractivity contribution in [2.75, 3.05) is 13.7 Å². The van der Waals surface area contributed by atoms with E-state index in [0.29, 0.717) is 35.4 Å². The number of carbonyl (C=O) groups is 1. The molecule has 0 fully saturated rings. The number of fused-ring (bicyclic) bond motifs is 1. The number of pyridine rings is 1. The number of amides is 1. The quantitative estimate of drug-likeness (QED) is 0.729. The summed E-state index contributed by atoms with van der Waals surface area (Å²) in [6, 6.07) is 11.3. The standard InChI is InChI=1S/C22H24N2O3/c1-13-5-7-16(11-15(13)3)21(25)23-10-9-17-12-18-14(2)6-8-19(27-4)20(18)24-22(17)26/h5-8,11-12H,9-10H2,1-4H3,(H,23,25)(H,24,26). The Balaban J connectivity index is 1.76. The van der Waals surface area contributed by atoms with Crippen molar-refractivity contribution in [1.29, 1.82) is 0 Å². The van der Waals surface area contributed by atoms with Crippen LogP contribution in [0.4, 0.5) is 0 Å². The first-order valence-electron chi connectivity index (χ1n) is 8.95. The van der Waals surface area contributed by atoms with Gasteiger partial charge in [0, 0.05) is 23.1 Å². The lowest BCUT2D eigenvalue weighted by Gasteiger charge is -2.10. The van der Waals surface area contributed by atoms with Gasteiger partial charge >= 0.3 is 0 Å². The lowest BCUT2D eigenvalue weighted by molar-refractivity contribution is 0.0954. The smallest absolute Gasteiger partial charge is 0.251 e. The van der Waals surface area contributed by atoms with Gasteiger partial charge in [-0.2, -0.15) is 0 Å². The Morgan fingerprint density at radius 1 is 1.04 bits per heavy atom. The van der Waals surface area contributed by atoms with Crippen molar-refractivity contribution >= 4 is 16.8 Å². The third-order valence-corrected chi connectivity index (χ3v) is 4.94. The minimum atomic E-state index is -0.160. The predicted molar refractivity (Wildman–Crippen MR) is 108 cm³/mol. The third kappa shape index (κ3) is 3.87. The van der Waals surface area contributed by atoms with Crippen LogP contribution in [0.15, 0.2) is 41.2 Å². The van der Waals surface area contributed by atoms with Crippen LogP contribution < -0.4 is 15.6 Å². The van der Waals surface area contributed by atoms with Crippen molar-refractivity contribution in [3.63, 3.8) is 0 Å². The molecule has 0 radical (unpaired) electrons. The van der Waals surface area contributed by atoms with E-state index in [2.05, 4.69) is 10.3 Å². The number of ether oxygens (including phenoxy) is 1. The van der Waals surface area contributed by atoms with E-state index in [4.69, 9.17) is 4.74 Å². The van der Waals surface area contributed by atoms with E-state index in [1.54, 1.807) is 7.11 Å². The van der Waals surface area contributed by atoms with Crippen molar-refractivity contribution in [2.45, 2.75) is 27.2 Å². The minimum absolute atomic E-state index is 0.131. The van der Waals surface area contributed by atoms with Crippen LogP contribution >= 0.6 is 0 Å².